The van der Waals surface area contributed by atoms with E-state index in [0.29, 0.717) is 23.9 Å². The highest BCUT2D eigenvalue weighted by molar-refractivity contribution is 5.83. The molecular weight excluding hydrogens is 224 g/mol. The molecule has 2 aliphatic carbocycles. The fraction of sp³-hybridized carbons (Fsp3) is 0.933. The number of nitrogens with one attached hydrogen (secondary N) is 1. The number of hydrogen-bond donors (Lipinski definition) is 1. The van der Waals surface area contributed by atoms with Crippen molar-refractivity contribution in [2.45, 2.75) is 64.5 Å². The fourth-order valence-corrected chi connectivity index (χ4v) is 3.21. The molecule has 1 N–H and O–H groups in total. The highest BCUT2D eigenvalue weighted by Crippen LogP contribution is 2.53. The lowest BCUT2D eigenvalue weighted by atomic mass is 10.0. The summed E-state index contributed by atoms with van der Waals surface area (Å²) in [6, 6.07) is 1.11. The molecule has 0 bridgehead atoms. The van der Waals surface area contributed by atoms with Crippen LogP contribution in [0.2, 0.25) is 0 Å². The zero-order valence-electron chi connectivity index (χ0n) is 11.7. The maximum atomic E-state index is 12.6. The standard InChI is InChI=1S/C15H26N2O/c1-15(2)9-13(15)14(18)17(12-6-7-12)10-11-5-3-4-8-16-11/h11-13,16H,3-10H2,1-2H3. The highest BCUT2D eigenvalue weighted by atomic mass is 16.2. The molecule has 0 aromatic carbocycles. The van der Waals surface area contributed by atoms with Gasteiger partial charge >= 0.3 is 0 Å². The van der Waals surface area contributed by atoms with Crippen LogP contribution in [0.25, 0.3) is 0 Å². The van der Waals surface area contributed by atoms with Gasteiger partial charge in [-0.25, -0.2) is 0 Å². The van der Waals surface area contributed by atoms with E-state index in [0.717, 1.165) is 19.5 Å². The van der Waals surface area contributed by atoms with Gasteiger partial charge in [-0.15, -0.1) is 0 Å². The molecule has 2 unspecified atom stereocenters. The lowest BCUT2D eigenvalue weighted by molar-refractivity contribution is -0.134. The van der Waals surface area contributed by atoms with Crippen LogP contribution in [0.5, 0.6) is 0 Å². The Hall–Kier alpha value is -0.570. The van der Waals surface area contributed by atoms with Crippen LogP contribution in [-0.2, 0) is 4.79 Å². The molecule has 3 fully saturated rings. The van der Waals surface area contributed by atoms with Crippen molar-refractivity contribution >= 4 is 5.91 Å². The van der Waals surface area contributed by atoms with Crippen LogP contribution in [0.1, 0.15) is 52.4 Å². The Bertz CT molecular complexity index is 329. The van der Waals surface area contributed by atoms with Crippen molar-refractivity contribution in [3.8, 4) is 0 Å². The Labute approximate surface area is 110 Å². The summed E-state index contributed by atoms with van der Waals surface area (Å²) in [6.45, 7) is 6.53. The van der Waals surface area contributed by atoms with Crippen LogP contribution < -0.4 is 5.32 Å². The summed E-state index contributed by atoms with van der Waals surface area (Å²) in [5.41, 5.74) is 0.268. The SMILES string of the molecule is CC1(C)CC1C(=O)N(CC1CCCCN1)C1CC1. The first-order chi connectivity index (χ1) is 8.58. The number of hydrogen-bond acceptors (Lipinski definition) is 2. The molecule has 1 saturated heterocycles. The normalized spacial score (nSPS) is 34.1. The van der Waals surface area contributed by atoms with Crippen LogP contribution >= 0.6 is 0 Å². The summed E-state index contributed by atoms with van der Waals surface area (Å²) in [5, 5.41) is 3.57. The average molecular weight is 250 g/mol. The van der Waals surface area contributed by atoms with Crippen LogP contribution in [0.15, 0.2) is 0 Å². The Balaban J connectivity index is 1.59. The zero-order chi connectivity index (χ0) is 12.8. The molecule has 3 nitrogen and oxygen atoms in total. The van der Waals surface area contributed by atoms with Crippen molar-refractivity contribution < 1.29 is 4.79 Å². The maximum Gasteiger partial charge on any atom is 0.226 e. The summed E-state index contributed by atoms with van der Waals surface area (Å²) in [5.74, 6) is 0.747. The third-order valence-corrected chi connectivity index (χ3v) is 4.91. The van der Waals surface area contributed by atoms with E-state index >= 15 is 0 Å². The van der Waals surface area contributed by atoms with Crippen molar-refractivity contribution in [2.75, 3.05) is 13.1 Å². The first-order valence-electron chi connectivity index (χ1n) is 7.62. The fourth-order valence-electron chi connectivity index (χ4n) is 3.21. The molecule has 2 atom stereocenters. The number of amides is 1. The van der Waals surface area contributed by atoms with Gasteiger partial charge in [0.2, 0.25) is 5.91 Å². The van der Waals surface area contributed by atoms with E-state index in [9.17, 15) is 4.79 Å². The van der Waals surface area contributed by atoms with Crippen molar-refractivity contribution in [1.29, 1.82) is 0 Å². The van der Waals surface area contributed by atoms with Crippen molar-refractivity contribution in [3.05, 3.63) is 0 Å². The molecule has 18 heavy (non-hydrogen) atoms. The monoisotopic (exact) mass is 250 g/mol. The molecule has 1 heterocycles. The van der Waals surface area contributed by atoms with Gasteiger partial charge in [0.15, 0.2) is 0 Å². The van der Waals surface area contributed by atoms with Gasteiger partial charge in [0, 0.05) is 24.5 Å². The molecule has 0 spiro atoms. The second-order valence-electron chi connectivity index (χ2n) is 7.11. The van der Waals surface area contributed by atoms with Gasteiger partial charge in [0.25, 0.3) is 0 Å². The second kappa shape index (κ2) is 4.52. The van der Waals surface area contributed by atoms with Gasteiger partial charge in [0.05, 0.1) is 0 Å². The van der Waals surface area contributed by atoms with Gasteiger partial charge in [-0.05, 0) is 44.1 Å². The largest absolute Gasteiger partial charge is 0.338 e. The minimum atomic E-state index is 0.268. The first-order valence-corrected chi connectivity index (χ1v) is 7.62. The summed E-state index contributed by atoms with van der Waals surface area (Å²) >= 11 is 0. The van der Waals surface area contributed by atoms with E-state index in [2.05, 4.69) is 24.1 Å². The highest BCUT2D eigenvalue weighted by Gasteiger charge is 2.53. The predicted octanol–water partition coefficient (Wildman–Crippen LogP) is 2.17. The topological polar surface area (TPSA) is 32.3 Å². The molecule has 0 aromatic heterocycles. The maximum absolute atomic E-state index is 12.6. The van der Waals surface area contributed by atoms with E-state index in [-0.39, 0.29) is 5.41 Å². The number of carbonyl (C=O) groups excluding carboxylic acids is 1. The Morgan fingerprint density at radius 2 is 2.00 bits per heavy atom. The van der Waals surface area contributed by atoms with Crippen molar-refractivity contribution in [1.82, 2.24) is 10.2 Å². The summed E-state index contributed by atoms with van der Waals surface area (Å²) in [7, 11) is 0. The lowest BCUT2D eigenvalue weighted by Gasteiger charge is -2.31. The second-order valence-corrected chi connectivity index (χ2v) is 7.11. The van der Waals surface area contributed by atoms with Crippen LogP contribution in [-0.4, -0.2) is 36.0 Å². The summed E-state index contributed by atoms with van der Waals surface area (Å²) < 4.78 is 0. The molecule has 102 valence electrons. The minimum absolute atomic E-state index is 0.268. The number of piperidine rings is 1. The smallest absolute Gasteiger partial charge is 0.226 e. The number of rotatable bonds is 4. The lowest BCUT2D eigenvalue weighted by Crippen LogP contribution is -2.47. The molecule has 1 amide bonds. The van der Waals surface area contributed by atoms with E-state index in [4.69, 9.17) is 0 Å². The molecule has 0 radical (unpaired) electrons. The summed E-state index contributed by atoms with van der Waals surface area (Å²) in [6.07, 6.45) is 7.40. The van der Waals surface area contributed by atoms with Crippen LogP contribution in [0.4, 0.5) is 0 Å². The van der Waals surface area contributed by atoms with E-state index in [1.807, 2.05) is 0 Å². The van der Waals surface area contributed by atoms with E-state index in [1.165, 1.54) is 32.1 Å². The molecule has 2 saturated carbocycles. The predicted molar refractivity (Wildman–Crippen MR) is 72.3 cm³/mol. The number of nitrogens with zero attached hydrogens (tertiary/aromatic N) is 1. The van der Waals surface area contributed by atoms with Gasteiger partial charge in [-0.3, -0.25) is 4.79 Å². The number of carbonyl (C=O) groups is 1. The molecule has 0 aromatic rings. The third-order valence-electron chi connectivity index (χ3n) is 4.91. The van der Waals surface area contributed by atoms with Crippen LogP contribution in [0, 0.1) is 11.3 Å². The Morgan fingerprint density at radius 3 is 2.50 bits per heavy atom. The van der Waals surface area contributed by atoms with Crippen molar-refractivity contribution in [2.24, 2.45) is 11.3 Å². The zero-order valence-corrected chi connectivity index (χ0v) is 11.7. The third kappa shape index (κ3) is 2.56. The van der Waals surface area contributed by atoms with Crippen molar-refractivity contribution in [3.63, 3.8) is 0 Å². The average Bonchev–Trinajstić information content (AvgIpc) is 3.24. The molecule has 1 aliphatic heterocycles. The molecule has 3 aliphatic rings. The minimum Gasteiger partial charge on any atom is -0.338 e. The van der Waals surface area contributed by atoms with Gasteiger partial charge in [-0.1, -0.05) is 20.3 Å². The van der Waals surface area contributed by atoms with Crippen LogP contribution in [0.3, 0.4) is 0 Å². The molecule has 3 rings (SSSR count). The molecule has 3 heteroatoms. The Morgan fingerprint density at radius 1 is 1.28 bits per heavy atom. The van der Waals surface area contributed by atoms with Gasteiger partial charge in [0.1, 0.15) is 0 Å². The molecular formula is C15H26N2O. The van der Waals surface area contributed by atoms with Gasteiger partial charge < -0.3 is 10.2 Å². The summed E-state index contributed by atoms with van der Waals surface area (Å²) in [4.78, 5) is 14.8. The quantitative estimate of drug-likeness (QED) is 0.829. The van der Waals surface area contributed by atoms with Gasteiger partial charge in [-0.2, -0.15) is 0 Å². The first kappa shape index (κ1) is 12.5. The Kier molecular flexibility index (Phi) is 3.13. The van der Waals surface area contributed by atoms with E-state index in [1.54, 1.807) is 0 Å². The van der Waals surface area contributed by atoms with E-state index < -0.39 is 0 Å².